The summed E-state index contributed by atoms with van der Waals surface area (Å²) in [5, 5.41) is 3.60. The molecule has 0 amide bonds. The van der Waals surface area contributed by atoms with Crippen LogP contribution in [0, 0.1) is 5.92 Å². The number of hydrogen-bond donors (Lipinski definition) is 1. The molecular weight excluding hydrogens is 238 g/mol. The number of nitrogens with one attached hydrogen (secondary N) is 1. The molecule has 19 heavy (non-hydrogen) atoms. The van der Waals surface area contributed by atoms with Gasteiger partial charge in [0.25, 0.3) is 0 Å². The Bertz CT molecular complexity index is 375. The van der Waals surface area contributed by atoms with Gasteiger partial charge in [-0.25, -0.2) is 0 Å². The minimum absolute atomic E-state index is 0.379. The first-order chi connectivity index (χ1) is 9.35. The molecule has 1 N–H and O–H groups in total. The highest BCUT2D eigenvalue weighted by atomic mass is 16.5. The number of benzene rings is 1. The Morgan fingerprint density at radius 2 is 2.05 bits per heavy atom. The normalized spacial score (nSPS) is 18.2. The molecule has 0 radical (unpaired) electrons. The van der Waals surface area contributed by atoms with Gasteiger partial charge in [0.1, 0.15) is 5.75 Å². The number of methoxy groups -OCH3 is 1. The summed E-state index contributed by atoms with van der Waals surface area (Å²) in [4.78, 5) is 0. The van der Waals surface area contributed by atoms with Gasteiger partial charge in [-0.2, -0.15) is 0 Å². The topological polar surface area (TPSA) is 30.5 Å². The molecule has 1 unspecified atom stereocenters. The lowest BCUT2D eigenvalue weighted by Gasteiger charge is -2.28. The highest BCUT2D eigenvalue weighted by molar-refractivity contribution is 5.35. The molecule has 1 aliphatic heterocycles. The highest BCUT2D eigenvalue weighted by Crippen LogP contribution is 2.32. The maximum atomic E-state index is 5.50. The van der Waals surface area contributed by atoms with E-state index in [9.17, 15) is 0 Å². The van der Waals surface area contributed by atoms with Crippen molar-refractivity contribution in [1.29, 1.82) is 0 Å². The van der Waals surface area contributed by atoms with Crippen molar-refractivity contribution in [2.75, 3.05) is 26.9 Å². The summed E-state index contributed by atoms with van der Waals surface area (Å²) < 4.78 is 10.9. The molecule has 2 rings (SSSR count). The van der Waals surface area contributed by atoms with Crippen molar-refractivity contribution in [3.05, 3.63) is 29.8 Å². The van der Waals surface area contributed by atoms with Gasteiger partial charge in [-0.1, -0.05) is 25.1 Å². The van der Waals surface area contributed by atoms with E-state index in [1.165, 1.54) is 18.4 Å². The SMILES string of the molecule is CCNC(CC1CCOCC1)c1ccccc1OC. The molecule has 1 heterocycles. The van der Waals surface area contributed by atoms with Crippen LogP contribution >= 0.6 is 0 Å². The predicted octanol–water partition coefficient (Wildman–Crippen LogP) is 3.16. The molecule has 0 spiro atoms. The van der Waals surface area contributed by atoms with Crippen LogP contribution in [0.25, 0.3) is 0 Å². The van der Waals surface area contributed by atoms with Crippen LogP contribution in [-0.2, 0) is 4.74 Å². The predicted molar refractivity (Wildman–Crippen MR) is 77.6 cm³/mol. The summed E-state index contributed by atoms with van der Waals surface area (Å²) in [5.74, 6) is 1.74. The maximum absolute atomic E-state index is 5.50. The summed E-state index contributed by atoms with van der Waals surface area (Å²) in [6.45, 7) is 4.96. The molecule has 0 aliphatic carbocycles. The van der Waals surface area contributed by atoms with Crippen molar-refractivity contribution in [2.45, 2.75) is 32.2 Å². The Morgan fingerprint density at radius 1 is 1.32 bits per heavy atom. The van der Waals surface area contributed by atoms with E-state index in [0.29, 0.717) is 6.04 Å². The highest BCUT2D eigenvalue weighted by Gasteiger charge is 2.21. The van der Waals surface area contributed by atoms with E-state index in [4.69, 9.17) is 9.47 Å². The third kappa shape index (κ3) is 3.95. The van der Waals surface area contributed by atoms with E-state index in [0.717, 1.165) is 37.8 Å². The van der Waals surface area contributed by atoms with Crippen LogP contribution in [0.3, 0.4) is 0 Å². The first-order valence-corrected chi connectivity index (χ1v) is 7.29. The largest absolute Gasteiger partial charge is 0.496 e. The molecule has 1 atom stereocenters. The lowest BCUT2D eigenvalue weighted by Crippen LogP contribution is -2.26. The molecule has 106 valence electrons. The second kappa shape index (κ2) is 7.51. The van der Waals surface area contributed by atoms with Crippen LogP contribution in [0.4, 0.5) is 0 Å². The number of rotatable bonds is 6. The molecule has 3 nitrogen and oxygen atoms in total. The minimum atomic E-state index is 0.379. The fraction of sp³-hybridized carbons (Fsp3) is 0.625. The van der Waals surface area contributed by atoms with Crippen molar-refractivity contribution in [3.8, 4) is 5.75 Å². The summed E-state index contributed by atoms with van der Waals surface area (Å²) in [7, 11) is 1.75. The van der Waals surface area contributed by atoms with Crippen molar-refractivity contribution in [1.82, 2.24) is 5.32 Å². The maximum Gasteiger partial charge on any atom is 0.123 e. The Hall–Kier alpha value is -1.06. The van der Waals surface area contributed by atoms with E-state index >= 15 is 0 Å². The van der Waals surface area contributed by atoms with Crippen LogP contribution in [0.2, 0.25) is 0 Å². The molecule has 1 aliphatic rings. The lowest BCUT2D eigenvalue weighted by molar-refractivity contribution is 0.0605. The number of ether oxygens (including phenoxy) is 2. The van der Waals surface area contributed by atoms with Gasteiger partial charge in [-0.05, 0) is 37.8 Å². The second-order valence-corrected chi connectivity index (χ2v) is 5.14. The van der Waals surface area contributed by atoms with Crippen LogP contribution in [0.1, 0.15) is 37.8 Å². The third-order valence-electron chi connectivity index (χ3n) is 3.87. The number of hydrogen-bond acceptors (Lipinski definition) is 3. The van der Waals surface area contributed by atoms with Crippen molar-refractivity contribution in [2.24, 2.45) is 5.92 Å². The van der Waals surface area contributed by atoms with Gasteiger partial charge in [0.15, 0.2) is 0 Å². The Balaban J connectivity index is 2.09. The molecule has 0 bridgehead atoms. The van der Waals surface area contributed by atoms with Gasteiger partial charge in [0.2, 0.25) is 0 Å². The van der Waals surface area contributed by atoms with Gasteiger partial charge in [0.05, 0.1) is 7.11 Å². The summed E-state index contributed by atoms with van der Waals surface area (Å²) in [6.07, 6.45) is 3.52. The van der Waals surface area contributed by atoms with E-state index in [1.807, 2.05) is 12.1 Å². The molecule has 1 saturated heterocycles. The average Bonchev–Trinajstić information content (AvgIpc) is 2.48. The van der Waals surface area contributed by atoms with Crippen LogP contribution in [0.5, 0.6) is 5.75 Å². The quantitative estimate of drug-likeness (QED) is 0.855. The van der Waals surface area contributed by atoms with Gasteiger partial charge in [-0.15, -0.1) is 0 Å². The average molecular weight is 263 g/mol. The van der Waals surface area contributed by atoms with Crippen LogP contribution in [-0.4, -0.2) is 26.9 Å². The zero-order chi connectivity index (χ0) is 13.5. The van der Waals surface area contributed by atoms with Gasteiger partial charge in [-0.3, -0.25) is 0 Å². The van der Waals surface area contributed by atoms with Gasteiger partial charge in [0, 0.05) is 24.8 Å². The summed E-state index contributed by atoms with van der Waals surface area (Å²) >= 11 is 0. The van der Waals surface area contributed by atoms with E-state index in [1.54, 1.807) is 7.11 Å². The standard InChI is InChI=1S/C16H25NO2/c1-3-17-15(12-13-8-10-19-11-9-13)14-6-4-5-7-16(14)18-2/h4-7,13,15,17H,3,8-12H2,1-2H3. The Kier molecular flexibility index (Phi) is 5.67. The molecule has 0 aromatic heterocycles. The zero-order valence-electron chi connectivity index (χ0n) is 12.0. The monoisotopic (exact) mass is 263 g/mol. The van der Waals surface area contributed by atoms with Gasteiger partial charge < -0.3 is 14.8 Å². The fourth-order valence-corrected chi connectivity index (χ4v) is 2.84. The fourth-order valence-electron chi connectivity index (χ4n) is 2.84. The zero-order valence-corrected chi connectivity index (χ0v) is 12.0. The van der Waals surface area contributed by atoms with Crippen molar-refractivity contribution >= 4 is 0 Å². The first kappa shape index (κ1) is 14.4. The molecule has 1 aromatic rings. The Morgan fingerprint density at radius 3 is 2.74 bits per heavy atom. The number of para-hydroxylation sites is 1. The lowest BCUT2D eigenvalue weighted by atomic mass is 9.89. The summed E-state index contributed by atoms with van der Waals surface area (Å²) in [6, 6.07) is 8.71. The molecule has 1 fully saturated rings. The van der Waals surface area contributed by atoms with E-state index in [-0.39, 0.29) is 0 Å². The smallest absolute Gasteiger partial charge is 0.123 e. The second-order valence-electron chi connectivity index (χ2n) is 5.14. The van der Waals surface area contributed by atoms with Crippen molar-refractivity contribution in [3.63, 3.8) is 0 Å². The Labute approximate surface area is 116 Å². The van der Waals surface area contributed by atoms with E-state index in [2.05, 4.69) is 24.4 Å². The molecule has 1 aromatic carbocycles. The van der Waals surface area contributed by atoms with Crippen molar-refractivity contribution < 1.29 is 9.47 Å². The van der Waals surface area contributed by atoms with E-state index < -0.39 is 0 Å². The van der Waals surface area contributed by atoms with Gasteiger partial charge >= 0.3 is 0 Å². The van der Waals surface area contributed by atoms with Crippen LogP contribution in [0.15, 0.2) is 24.3 Å². The summed E-state index contributed by atoms with van der Waals surface area (Å²) in [5.41, 5.74) is 1.28. The minimum Gasteiger partial charge on any atom is -0.496 e. The first-order valence-electron chi connectivity index (χ1n) is 7.29. The molecule has 0 saturated carbocycles. The molecular formula is C16H25NO2. The van der Waals surface area contributed by atoms with Crippen LogP contribution < -0.4 is 10.1 Å². The molecule has 3 heteroatoms. The third-order valence-corrected chi connectivity index (χ3v) is 3.87.